The van der Waals surface area contributed by atoms with E-state index in [2.05, 4.69) is 0 Å². The summed E-state index contributed by atoms with van der Waals surface area (Å²) in [5.74, 6) is -0.186. The zero-order chi connectivity index (χ0) is 14.7. The molecule has 1 N–H and O–H groups in total. The molecule has 0 aromatic carbocycles. The number of amides is 2. The van der Waals surface area contributed by atoms with Gasteiger partial charge in [-0.2, -0.15) is 0 Å². The number of imide groups is 1. The Bertz CT molecular complexity index is 480. The summed E-state index contributed by atoms with van der Waals surface area (Å²) in [6.07, 6.45) is 5.74. The highest BCUT2D eigenvalue weighted by atomic mass is 16.4. The maximum atomic E-state index is 12.7. The lowest BCUT2D eigenvalue weighted by atomic mass is 9.81. The molecule has 4 fully saturated rings. The van der Waals surface area contributed by atoms with Gasteiger partial charge in [-0.15, -0.1) is 0 Å². The molecule has 0 radical (unpaired) electrons. The molecule has 1 aliphatic heterocycles. The molecule has 0 aromatic rings. The largest absolute Gasteiger partial charge is 0.481 e. The Hall–Kier alpha value is -1.39. The van der Waals surface area contributed by atoms with Gasteiger partial charge in [-0.25, -0.2) is 0 Å². The van der Waals surface area contributed by atoms with Gasteiger partial charge in [0.15, 0.2) is 0 Å². The van der Waals surface area contributed by atoms with Crippen LogP contribution in [-0.4, -0.2) is 33.8 Å². The van der Waals surface area contributed by atoms with Crippen LogP contribution in [0.3, 0.4) is 0 Å². The molecule has 4 rings (SSSR count). The number of hydrogen-bond acceptors (Lipinski definition) is 3. The van der Waals surface area contributed by atoms with Gasteiger partial charge >= 0.3 is 5.97 Å². The molecule has 2 bridgehead atoms. The van der Waals surface area contributed by atoms with Gasteiger partial charge in [0.25, 0.3) is 0 Å². The van der Waals surface area contributed by atoms with Crippen molar-refractivity contribution in [2.75, 3.05) is 0 Å². The lowest BCUT2D eigenvalue weighted by Crippen LogP contribution is -2.44. The summed E-state index contributed by atoms with van der Waals surface area (Å²) in [6.45, 7) is 0. The first kappa shape index (κ1) is 13.3. The SMILES string of the molecule is O=C(O)C1CCC(N2C(=O)[C@H]3[C@H]4CC[C@@H](C4)[C@@H]3C2=O)CC1. The number of hydrogen-bond donors (Lipinski definition) is 1. The van der Waals surface area contributed by atoms with Crippen LogP contribution in [0.1, 0.15) is 44.9 Å². The Morgan fingerprint density at radius 1 is 0.905 bits per heavy atom. The number of carbonyl (C=O) groups excluding carboxylic acids is 2. The lowest BCUT2D eigenvalue weighted by Gasteiger charge is -2.32. The predicted molar refractivity (Wildman–Crippen MR) is 73.0 cm³/mol. The quantitative estimate of drug-likeness (QED) is 0.785. The van der Waals surface area contributed by atoms with Crippen LogP contribution in [-0.2, 0) is 14.4 Å². The van der Waals surface area contributed by atoms with Crippen molar-refractivity contribution in [3.05, 3.63) is 0 Å². The average molecular weight is 291 g/mol. The number of likely N-dealkylation sites (tertiary alicyclic amines) is 1. The molecule has 114 valence electrons. The Kier molecular flexibility index (Phi) is 2.88. The summed E-state index contributed by atoms with van der Waals surface area (Å²) in [5.41, 5.74) is 0. The Morgan fingerprint density at radius 2 is 1.43 bits per heavy atom. The molecule has 0 aromatic heterocycles. The van der Waals surface area contributed by atoms with Crippen molar-refractivity contribution < 1.29 is 19.5 Å². The molecular weight excluding hydrogens is 270 g/mol. The monoisotopic (exact) mass is 291 g/mol. The molecule has 1 saturated heterocycles. The zero-order valence-electron chi connectivity index (χ0n) is 12.0. The van der Waals surface area contributed by atoms with Crippen LogP contribution in [0.25, 0.3) is 0 Å². The minimum Gasteiger partial charge on any atom is -0.481 e. The number of carbonyl (C=O) groups is 3. The third-order valence-electron chi connectivity index (χ3n) is 6.37. The van der Waals surface area contributed by atoms with E-state index in [9.17, 15) is 14.4 Å². The molecule has 4 aliphatic rings. The van der Waals surface area contributed by atoms with Crippen LogP contribution in [0.15, 0.2) is 0 Å². The van der Waals surface area contributed by atoms with Gasteiger partial charge in [-0.1, -0.05) is 0 Å². The van der Waals surface area contributed by atoms with Gasteiger partial charge in [0.1, 0.15) is 0 Å². The first-order chi connectivity index (χ1) is 10.1. The highest BCUT2D eigenvalue weighted by Crippen LogP contribution is 2.56. The molecule has 5 heteroatoms. The predicted octanol–water partition coefficient (Wildman–Crippen LogP) is 1.66. The van der Waals surface area contributed by atoms with Gasteiger partial charge in [0, 0.05) is 6.04 Å². The van der Waals surface area contributed by atoms with Crippen LogP contribution in [0, 0.1) is 29.6 Å². The first-order valence-electron chi connectivity index (χ1n) is 8.17. The number of fused-ring (bicyclic) bond motifs is 5. The van der Waals surface area contributed by atoms with E-state index in [1.54, 1.807) is 0 Å². The summed E-state index contributed by atoms with van der Waals surface area (Å²) in [4.78, 5) is 37.9. The van der Waals surface area contributed by atoms with E-state index in [1.165, 1.54) is 4.90 Å². The number of aliphatic carboxylic acids is 1. The van der Waals surface area contributed by atoms with Gasteiger partial charge in [-0.05, 0) is 56.8 Å². The number of nitrogens with zero attached hydrogens (tertiary/aromatic N) is 1. The van der Waals surface area contributed by atoms with Crippen molar-refractivity contribution in [1.82, 2.24) is 4.90 Å². The summed E-state index contributed by atoms with van der Waals surface area (Å²) < 4.78 is 0. The Labute approximate surface area is 123 Å². The van der Waals surface area contributed by atoms with E-state index >= 15 is 0 Å². The van der Waals surface area contributed by atoms with E-state index in [4.69, 9.17) is 5.11 Å². The maximum absolute atomic E-state index is 12.7. The minimum absolute atomic E-state index is 0.0477. The van der Waals surface area contributed by atoms with Crippen molar-refractivity contribution >= 4 is 17.8 Å². The van der Waals surface area contributed by atoms with Crippen LogP contribution < -0.4 is 0 Å². The molecule has 2 amide bonds. The standard InChI is InChI=1S/C16H21NO4/c18-14-12-9-1-2-10(7-9)13(12)15(19)17(14)11-5-3-8(4-6-11)16(20)21/h8-13H,1-7H2,(H,20,21)/t8?,9-,10-,11?,12-,13-/m0/s1. The molecule has 21 heavy (non-hydrogen) atoms. The van der Waals surface area contributed by atoms with E-state index in [0.29, 0.717) is 37.5 Å². The Morgan fingerprint density at radius 3 is 1.90 bits per heavy atom. The smallest absolute Gasteiger partial charge is 0.306 e. The fraction of sp³-hybridized carbons (Fsp3) is 0.812. The van der Waals surface area contributed by atoms with Crippen LogP contribution >= 0.6 is 0 Å². The Balaban J connectivity index is 1.51. The number of carboxylic acids is 1. The maximum Gasteiger partial charge on any atom is 0.306 e. The summed E-state index contributed by atoms with van der Waals surface area (Å²) in [5, 5.41) is 9.06. The van der Waals surface area contributed by atoms with Gasteiger partial charge in [0.05, 0.1) is 17.8 Å². The van der Waals surface area contributed by atoms with Crippen LogP contribution in [0.2, 0.25) is 0 Å². The van der Waals surface area contributed by atoms with Crippen LogP contribution in [0.5, 0.6) is 0 Å². The summed E-state index contributed by atoms with van der Waals surface area (Å²) in [6, 6.07) is -0.0504. The molecule has 3 saturated carbocycles. The van der Waals surface area contributed by atoms with E-state index in [1.807, 2.05) is 0 Å². The number of rotatable bonds is 2. The second-order valence-corrected chi connectivity index (χ2v) is 7.27. The fourth-order valence-electron chi connectivity index (χ4n) is 5.37. The van der Waals surface area contributed by atoms with Gasteiger partial charge in [0.2, 0.25) is 11.8 Å². The molecular formula is C16H21NO4. The molecule has 5 nitrogen and oxygen atoms in total. The van der Waals surface area contributed by atoms with Gasteiger partial charge < -0.3 is 5.11 Å². The normalized spacial score (nSPS) is 45.2. The first-order valence-corrected chi connectivity index (χ1v) is 8.17. The zero-order valence-corrected chi connectivity index (χ0v) is 12.0. The highest BCUT2D eigenvalue weighted by Gasteiger charge is 2.61. The topological polar surface area (TPSA) is 74.7 Å². The van der Waals surface area contributed by atoms with Gasteiger partial charge in [-0.3, -0.25) is 19.3 Å². The lowest BCUT2D eigenvalue weighted by molar-refractivity contribution is -0.146. The molecule has 0 spiro atoms. The minimum atomic E-state index is -0.748. The molecule has 0 unspecified atom stereocenters. The molecule has 1 heterocycles. The molecule has 4 atom stereocenters. The van der Waals surface area contributed by atoms with E-state index in [-0.39, 0.29) is 35.6 Å². The van der Waals surface area contributed by atoms with Crippen molar-refractivity contribution in [3.8, 4) is 0 Å². The van der Waals surface area contributed by atoms with Crippen molar-refractivity contribution in [1.29, 1.82) is 0 Å². The van der Waals surface area contributed by atoms with E-state index < -0.39 is 5.97 Å². The fourth-order valence-corrected chi connectivity index (χ4v) is 5.37. The highest BCUT2D eigenvalue weighted by molar-refractivity contribution is 6.06. The van der Waals surface area contributed by atoms with Crippen molar-refractivity contribution in [2.45, 2.75) is 51.0 Å². The second kappa shape index (κ2) is 4.55. The van der Waals surface area contributed by atoms with Crippen molar-refractivity contribution in [3.63, 3.8) is 0 Å². The van der Waals surface area contributed by atoms with Crippen LogP contribution in [0.4, 0.5) is 0 Å². The van der Waals surface area contributed by atoms with Crippen molar-refractivity contribution in [2.24, 2.45) is 29.6 Å². The summed E-state index contributed by atoms with van der Waals surface area (Å²) >= 11 is 0. The third-order valence-corrected chi connectivity index (χ3v) is 6.37. The van der Waals surface area contributed by atoms with E-state index in [0.717, 1.165) is 19.3 Å². The second-order valence-electron chi connectivity index (χ2n) is 7.27. The molecule has 3 aliphatic carbocycles. The third kappa shape index (κ3) is 1.79. The average Bonchev–Trinajstić information content (AvgIpc) is 3.13. The number of carboxylic acid groups (broad SMARTS) is 1. The summed E-state index contributed by atoms with van der Waals surface area (Å²) in [7, 11) is 0.